The van der Waals surface area contributed by atoms with Crippen LogP contribution in [-0.2, 0) is 19.6 Å². The van der Waals surface area contributed by atoms with E-state index in [-0.39, 0.29) is 34.2 Å². The SMILES string of the molecule is CCOC(=O)c1c(-c2ccc([N+](=O)[O-])cc2)csc1NC(=O)C(CC)NS(=O)(=O)c1ccc(F)cc1. The highest BCUT2D eigenvalue weighted by Crippen LogP contribution is 2.37. The topological polar surface area (TPSA) is 145 Å². The predicted octanol–water partition coefficient (Wildman–Crippen LogP) is 4.33. The van der Waals surface area contributed by atoms with Gasteiger partial charge in [-0.05, 0) is 55.3 Å². The first-order valence-electron chi connectivity index (χ1n) is 10.7. The highest BCUT2D eigenvalue weighted by Gasteiger charge is 2.28. The van der Waals surface area contributed by atoms with Crippen molar-refractivity contribution in [3.8, 4) is 11.1 Å². The second-order valence-corrected chi connectivity index (χ2v) is 10.00. The number of thiophene rings is 1. The number of carbonyl (C=O) groups is 2. The number of rotatable bonds is 10. The van der Waals surface area contributed by atoms with E-state index in [9.17, 15) is 32.5 Å². The smallest absolute Gasteiger partial charge is 0.341 e. The number of nitrogens with zero attached hydrogens (tertiary/aromatic N) is 1. The van der Waals surface area contributed by atoms with Crippen molar-refractivity contribution < 1.29 is 32.1 Å². The number of hydrogen-bond acceptors (Lipinski definition) is 8. The number of ether oxygens (including phenoxy) is 1. The number of nitrogens with one attached hydrogen (secondary N) is 2. The number of halogens is 1. The van der Waals surface area contributed by atoms with Crippen LogP contribution in [0.1, 0.15) is 30.6 Å². The summed E-state index contributed by atoms with van der Waals surface area (Å²) in [5, 5.41) is 15.3. The van der Waals surface area contributed by atoms with Crippen molar-refractivity contribution in [3.63, 3.8) is 0 Å². The molecular weight excluding hydrogens is 513 g/mol. The van der Waals surface area contributed by atoms with E-state index in [1.807, 2.05) is 0 Å². The highest BCUT2D eigenvalue weighted by molar-refractivity contribution is 7.89. The summed E-state index contributed by atoms with van der Waals surface area (Å²) in [4.78, 5) is 35.9. The summed E-state index contributed by atoms with van der Waals surface area (Å²) in [5.41, 5.74) is 0.799. The van der Waals surface area contributed by atoms with Gasteiger partial charge in [-0.15, -0.1) is 11.3 Å². The molecule has 0 aliphatic carbocycles. The molecule has 190 valence electrons. The number of hydrogen-bond donors (Lipinski definition) is 2. The Morgan fingerprint density at radius 1 is 1.11 bits per heavy atom. The first-order valence-corrected chi connectivity index (χ1v) is 13.1. The van der Waals surface area contributed by atoms with Crippen molar-refractivity contribution >= 4 is 43.9 Å². The number of non-ortho nitro benzene ring substituents is 1. The Morgan fingerprint density at radius 3 is 2.31 bits per heavy atom. The van der Waals surface area contributed by atoms with E-state index in [2.05, 4.69) is 10.0 Å². The molecule has 36 heavy (non-hydrogen) atoms. The van der Waals surface area contributed by atoms with Gasteiger partial charge in [0.15, 0.2) is 0 Å². The number of nitro groups is 1. The molecular formula is C23H22FN3O7S2. The summed E-state index contributed by atoms with van der Waals surface area (Å²) >= 11 is 1.02. The lowest BCUT2D eigenvalue weighted by Gasteiger charge is -2.17. The summed E-state index contributed by atoms with van der Waals surface area (Å²) in [5.74, 6) is -2.04. The van der Waals surface area contributed by atoms with E-state index in [4.69, 9.17) is 4.74 Å². The molecule has 0 aliphatic rings. The predicted molar refractivity (Wildman–Crippen MR) is 132 cm³/mol. The molecule has 1 atom stereocenters. The zero-order chi connectivity index (χ0) is 26.5. The molecule has 1 amide bonds. The second-order valence-electron chi connectivity index (χ2n) is 7.40. The van der Waals surface area contributed by atoms with E-state index < -0.39 is 38.7 Å². The van der Waals surface area contributed by atoms with Gasteiger partial charge in [0.25, 0.3) is 5.69 Å². The van der Waals surface area contributed by atoms with Crippen LogP contribution in [0.15, 0.2) is 58.8 Å². The van der Waals surface area contributed by atoms with Crippen LogP contribution in [0.25, 0.3) is 11.1 Å². The first kappa shape index (κ1) is 26.9. The molecule has 0 radical (unpaired) electrons. The lowest BCUT2D eigenvalue weighted by atomic mass is 10.0. The Labute approximate surface area is 210 Å². The molecule has 3 aromatic rings. The van der Waals surface area contributed by atoms with Crippen LogP contribution >= 0.6 is 11.3 Å². The average Bonchev–Trinajstić information content (AvgIpc) is 3.26. The maximum Gasteiger partial charge on any atom is 0.341 e. The molecule has 10 nitrogen and oxygen atoms in total. The van der Waals surface area contributed by atoms with Gasteiger partial charge >= 0.3 is 5.97 Å². The monoisotopic (exact) mass is 535 g/mol. The minimum Gasteiger partial charge on any atom is -0.462 e. The van der Waals surface area contributed by atoms with Crippen LogP contribution in [0.2, 0.25) is 0 Å². The molecule has 0 saturated carbocycles. The average molecular weight is 536 g/mol. The van der Waals surface area contributed by atoms with E-state index in [1.54, 1.807) is 19.2 Å². The third kappa shape index (κ3) is 6.11. The lowest BCUT2D eigenvalue weighted by Crippen LogP contribution is -2.43. The standard InChI is InChI=1S/C23H22FN3O7S2/c1-3-19(26-36(32,33)17-11-7-15(24)8-12-17)21(28)25-22-20(23(29)34-4-2)18(13-35-22)14-5-9-16(10-6-14)27(30)31/h5-13,19,26H,3-4H2,1-2H3,(H,25,28). The summed E-state index contributed by atoms with van der Waals surface area (Å²) in [6, 6.07) is 8.47. The fourth-order valence-corrected chi connectivity index (χ4v) is 5.46. The first-order chi connectivity index (χ1) is 17.1. The number of sulfonamides is 1. The molecule has 1 unspecified atom stereocenters. The van der Waals surface area contributed by atoms with Gasteiger partial charge in [-0.25, -0.2) is 17.6 Å². The number of esters is 1. The van der Waals surface area contributed by atoms with Crippen LogP contribution in [0, 0.1) is 15.9 Å². The largest absolute Gasteiger partial charge is 0.462 e. The van der Waals surface area contributed by atoms with Crippen molar-refractivity contribution in [1.29, 1.82) is 0 Å². The molecule has 2 N–H and O–H groups in total. The minimum absolute atomic E-state index is 0.0419. The van der Waals surface area contributed by atoms with Gasteiger partial charge < -0.3 is 10.1 Å². The summed E-state index contributed by atoms with van der Waals surface area (Å²) in [6.07, 6.45) is 0.0849. The van der Waals surface area contributed by atoms with E-state index in [0.717, 1.165) is 35.6 Å². The number of nitro benzene ring substituents is 1. The van der Waals surface area contributed by atoms with Gasteiger partial charge in [-0.1, -0.05) is 6.92 Å². The third-order valence-electron chi connectivity index (χ3n) is 5.04. The van der Waals surface area contributed by atoms with Crippen LogP contribution in [-0.4, -0.2) is 37.9 Å². The van der Waals surface area contributed by atoms with Crippen LogP contribution < -0.4 is 10.0 Å². The molecule has 1 aromatic heterocycles. The molecule has 2 aromatic carbocycles. The third-order valence-corrected chi connectivity index (χ3v) is 7.43. The Bertz CT molecular complexity index is 1370. The number of benzene rings is 2. The highest BCUT2D eigenvalue weighted by atomic mass is 32.2. The second kappa shape index (κ2) is 11.4. The van der Waals surface area contributed by atoms with Gasteiger partial charge in [-0.2, -0.15) is 4.72 Å². The normalized spacial score (nSPS) is 12.1. The van der Waals surface area contributed by atoms with Crippen LogP contribution in [0.4, 0.5) is 15.1 Å². The Kier molecular flexibility index (Phi) is 8.50. The van der Waals surface area contributed by atoms with Gasteiger partial charge in [0.05, 0.1) is 16.4 Å². The Morgan fingerprint density at radius 2 is 1.75 bits per heavy atom. The molecule has 0 bridgehead atoms. The number of carbonyl (C=O) groups excluding carboxylic acids is 2. The molecule has 0 saturated heterocycles. The number of amides is 1. The quantitative estimate of drug-likeness (QED) is 0.223. The molecule has 0 fully saturated rings. The van der Waals surface area contributed by atoms with Gasteiger partial charge in [0, 0.05) is 23.1 Å². The molecule has 0 spiro atoms. The lowest BCUT2D eigenvalue weighted by molar-refractivity contribution is -0.384. The van der Waals surface area contributed by atoms with Crippen molar-refractivity contribution in [2.75, 3.05) is 11.9 Å². The fraction of sp³-hybridized carbons (Fsp3) is 0.217. The maximum absolute atomic E-state index is 13.2. The molecule has 1 heterocycles. The van der Waals surface area contributed by atoms with Crippen molar-refractivity contribution in [1.82, 2.24) is 4.72 Å². The fourth-order valence-electron chi connectivity index (χ4n) is 3.22. The summed E-state index contributed by atoms with van der Waals surface area (Å²) in [7, 11) is -4.13. The Balaban J connectivity index is 1.89. The minimum atomic E-state index is -4.13. The van der Waals surface area contributed by atoms with Crippen LogP contribution in [0.5, 0.6) is 0 Å². The van der Waals surface area contributed by atoms with Crippen LogP contribution in [0.3, 0.4) is 0 Å². The zero-order valence-electron chi connectivity index (χ0n) is 19.2. The van der Waals surface area contributed by atoms with E-state index in [0.29, 0.717) is 11.1 Å². The van der Waals surface area contributed by atoms with Gasteiger partial charge in [0.1, 0.15) is 22.4 Å². The zero-order valence-corrected chi connectivity index (χ0v) is 20.8. The molecule has 0 aliphatic heterocycles. The summed E-state index contributed by atoms with van der Waals surface area (Å²) in [6.45, 7) is 3.28. The van der Waals surface area contributed by atoms with Gasteiger partial charge in [-0.3, -0.25) is 14.9 Å². The van der Waals surface area contributed by atoms with Crippen molar-refractivity contribution in [3.05, 3.63) is 75.4 Å². The van der Waals surface area contributed by atoms with E-state index in [1.165, 1.54) is 24.3 Å². The maximum atomic E-state index is 13.2. The van der Waals surface area contributed by atoms with Gasteiger partial charge in [0.2, 0.25) is 15.9 Å². The Hall–Kier alpha value is -3.68. The van der Waals surface area contributed by atoms with Crippen molar-refractivity contribution in [2.45, 2.75) is 31.2 Å². The molecule has 3 rings (SSSR count). The molecule has 13 heteroatoms. The summed E-state index contributed by atoms with van der Waals surface area (Å²) < 4.78 is 45.9. The number of anilines is 1. The van der Waals surface area contributed by atoms with E-state index >= 15 is 0 Å². The van der Waals surface area contributed by atoms with Crippen molar-refractivity contribution in [2.24, 2.45) is 0 Å².